The number of nitrogens with zero attached hydrogens (tertiary/aromatic N) is 1. The summed E-state index contributed by atoms with van der Waals surface area (Å²) in [6, 6.07) is -0.671. The van der Waals surface area contributed by atoms with Crippen LogP contribution >= 0.6 is 0 Å². The number of rotatable bonds is 8. The van der Waals surface area contributed by atoms with Crippen molar-refractivity contribution in [3.63, 3.8) is 0 Å². The zero-order valence-corrected chi connectivity index (χ0v) is 11.3. The molecule has 0 bridgehead atoms. The van der Waals surface area contributed by atoms with Crippen LogP contribution in [0, 0.1) is 0 Å². The number of nitrogens with one attached hydrogen (secondary N) is 1. The van der Waals surface area contributed by atoms with Crippen molar-refractivity contribution in [2.45, 2.75) is 45.2 Å². The summed E-state index contributed by atoms with van der Waals surface area (Å²) in [6.45, 7) is 4.87. The molecule has 6 nitrogen and oxygen atoms in total. The minimum atomic E-state index is -1.14. The first-order valence-corrected chi connectivity index (χ1v) is 6.45. The maximum Gasteiger partial charge on any atom is 0.326 e. The second-order valence-corrected chi connectivity index (χ2v) is 4.84. The summed E-state index contributed by atoms with van der Waals surface area (Å²) in [4.78, 5) is 34.9. The fourth-order valence-corrected chi connectivity index (χ4v) is 1.94. The van der Waals surface area contributed by atoms with E-state index in [9.17, 15) is 14.4 Å². The van der Waals surface area contributed by atoms with Gasteiger partial charge in [0.2, 0.25) is 0 Å². The molecule has 6 heteroatoms. The number of hydrogen-bond acceptors (Lipinski definition) is 4. The van der Waals surface area contributed by atoms with Gasteiger partial charge in [-0.2, -0.15) is 0 Å². The molecule has 0 aromatic carbocycles. The van der Waals surface area contributed by atoms with Gasteiger partial charge in [-0.15, -0.1) is 0 Å². The van der Waals surface area contributed by atoms with Crippen molar-refractivity contribution in [2.24, 2.45) is 0 Å². The predicted octanol–water partition coefficient (Wildman–Crippen LogP) is 0.533. The average molecular weight is 268 g/mol. The smallest absolute Gasteiger partial charge is 0.326 e. The highest BCUT2D eigenvalue weighted by Crippen LogP contribution is 2.15. The normalized spacial score (nSPS) is 16.5. The highest BCUT2D eigenvalue weighted by molar-refractivity contribution is 6.14. The Morgan fingerprint density at radius 2 is 1.84 bits per heavy atom. The van der Waals surface area contributed by atoms with Crippen LogP contribution in [0.3, 0.4) is 0 Å². The summed E-state index contributed by atoms with van der Waals surface area (Å²) in [7, 11) is 0. The maximum atomic E-state index is 11.5. The number of carbonyl (C=O) groups is 3. The third-order valence-corrected chi connectivity index (χ3v) is 2.90. The highest BCUT2D eigenvalue weighted by atomic mass is 16.4. The van der Waals surface area contributed by atoms with Crippen LogP contribution < -0.4 is 5.32 Å². The molecule has 0 radical (unpaired) electrons. The van der Waals surface area contributed by atoms with E-state index in [-0.39, 0.29) is 6.42 Å². The topological polar surface area (TPSA) is 86.7 Å². The lowest BCUT2D eigenvalue weighted by molar-refractivity contribution is -0.153. The highest BCUT2D eigenvalue weighted by Gasteiger charge is 2.35. The molecule has 1 heterocycles. The van der Waals surface area contributed by atoms with Gasteiger partial charge in [0.25, 0.3) is 11.8 Å². The van der Waals surface area contributed by atoms with E-state index in [1.165, 1.54) is 0 Å². The molecule has 1 rings (SSSR count). The van der Waals surface area contributed by atoms with Gasteiger partial charge in [0.1, 0.15) is 6.04 Å². The molecule has 0 fully saturated rings. The standard InChI is InChI=1S/C13H20N2O4/c1-9(2)14-8-4-3-5-10(13(18)19)15-11(16)6-7-12(15)17/h6-7,9-10,14H,3-5,8H2,1-2H3,(H,18,19). The van der Waals surface area contributed by atoms with Gasteiger partial charge in [0.05, 0.1) is 0 Å². The Hall–Kier alpha value is -1.69. The van der Waals surface area contributed by atoms with E-state index in [1.807, 2.05) is 13.8 Å². The number of imide groups is 1. The Morgan fingerprint density at radius 3 is 2.32 bits per heavy atom. The number of aliphatic carboxylic acids is 1. The molecule has 0 aliphatic carbocycles. The van der Waals surface area contributed by atoms with E-state index >= 15 is 0 Å². The van der Waals surface area contributed by atoms with Gasteiger partial charge in [-0.05, 0) is 25.8 Å². The van der Waals surface area contributed by atoms with Gasteiger partial charge in [-0.3, -0.25) is 14.5 Å². The van der Waals surface area contributed by atoms with Crippen LogP contribution in [0.15, 0.2) is 12.2 Å². The molecule has 0 saturated heterocycles. The van der Waals surface area contributed by atoms with E-state index in [4.69, 9.17) is 5.11 Å². The summed E-state index contributed by atoms with van der Waals surface area (Å²) < 4.78 is 0. The second kappa shape index (κ2) is 7.04. The van der Waals surface area contributed by atoms with Crippen LogP contribution in [-0.4, -0.2) is 46.4 Å². The first kappa shape index (κ1) is 15.4. The lowest BCUT2D eigenvalue weighted by atomic mass is 10.1. The molecule has 1 unspecified atom stereocenters. The zero-order chi connectivity index (χ0) is 14.4. The molecule has 1 atom stereocenters. The van der Waals surface area contributed by atoms with Gasteiger partial charge < -0.3 is 10.4 Å². The Bertz CT molecular complexity index is 372. The van der Waals surface area contributed by atoms with Crippen LogP contribution in [0.2, 0.25) is 0 Å². The van der Waals surface area contributed by atoms with Crippen LogP contribution in [0.25, 0.3) is 0 Å². The molecule has 2 N–H and O–H groups in total. The largest absolute Gasteiger partial charge is 0.480 e. The SMILES string of the molecule is CC(C)NCCCCC(C(=O)O)N1C(=O)C=CC1=O. The number of carboxylic acid groups (broad SMARTS) is 1. The molecule has 0 saturated carbocycles. The molecule has 1 aliphatic heterocycles. The third kappa shape index (κ3) is 4.48. The quantitative estimate of drug-likeness (QED) is 0.495. The van der Waals surface area contributed by atoms with Crippen LogP contribution in [0.1, 0.15) is 33.1 Å². The first-order valence-electron chi connectivity index (χ1n) is 6.45. The molecule has 0 aromatic heterocycles. The summed E-state index contributed by atoms with van der Waals surface area (Å²) in [5.74, 6) is -2.22. The third-order valence-electron chi connectivity index (χ3n) is 2.90. The Labute approximate surface area is 112 Å². The van der Waals surface area contributed by atoms with Gasteiger partial charge in [0.15, 0.2) is 0 Å². The first-order chi connectivity index (χ1) is 8.93. The molecule has 1 aliphatic rings. The van der Waals surface area contributed by atoms with Crippen molar-refractivity contribution < 1.29 is 19.5 Å². The Morgan fingerprint density at radius 1 is 1.26 bits per heavy atom. The zero-order valence-electron chi connectivity index (χ0n) is 11.3. The van der Waals surface area contributed by atoms with Crippen LogP contribution in [0.4, 0.5) is 0 Å². The van der Waals surface area contributed by atoms with Crippen LogP contribution in [0.5, 0.6) is 0 Å². The van der Waals surface area contributed by atoms with E-state index in [0.717, 1.165) is 30.0 Å². The number of carboxylic acids is 1. The molecule has 2 amide bonds. The van der Waals surface area contributed by atoms with Crippen molar-refractivity contribution >= 4 is 17.8 Å². The van der Waals surface area contributed by atoms with E-state index < -0.39 is 23.8 Å². The van der Waals surface area contributed by atoms with E-state index in [2.05, 4.69) is 5.32 Å². The summed E-state index contributed by atoms with van der Waals surface area (Å²) in [5, 5.41) is 12.4. The van der Waals surface area contributed by atoms with Gasteiger partial charge in [-0.1, -0.05) is 13.8 Å². The van der Waals surface area contributed by atoms with Crippen molar-refractivity contribution in [2.75, 3.05) is 6.54 Å². The van der Waals surface area contributed by atoms with Crippen molar-refractivity contribution in [1.82, 2.24) is 10.2 Å². The van der Waals surface area contributed by atoms with Crippen molar-refractivity contribution in [1.29, 1.82) is 0 Å². The van der Waals surface area contributed by atoms with E-state index in [0.29, 0.717) is 12.5 Å². The molecule has 0 spiro atoms. The minimum absolute atomic E-state index is 0.286. The van der Waals surface area contributed by atoms with Gasteiger partial charge in [0, 0.05) is 18.2 Å². The van der Waals surface area contributed by atoms with E-state index in [1.54, 1.807) is 0 Å². The summed E-state index contributed by atoms with van der Waals surface area (Å²) >= 11 is 0. The lowest BCUT2D eigenvalue weighted by Crippen LogP contribution is -2.45. The Kier molecular flexibility index (Phi) is 5.69. The monoisotopic (exact) mass is 268 g/mol. The molecular formula is C13H20N2O4. The maximum absolute atomic E-state index is 11.5. The number of amides is 2. The van der Waals surface area contributed by atoms with Crippen molar-refractivity contribution in [3.05, 3.63) is 12.2 Å². The lowest BCUT2D eigenvalue weighted by Gasteiger charge is -2.22. The fourth-order valence-electron chi connectivity index (χ4n) is 1.94. The fraction of sp³-hybridized carbons (Fsp3) is 0.615. The summed E-state index contributed by atoms with van der Waals surface area (Å²) in [5.41, 5.74) is 0. The molecule has 106 valence electrons. The average Bonchev–Trinajstić information content (AvgIpc) is 2.64. The molecule has 0 aromatic rings. The second-order valence-electron chi connectivity index (χ2n) is 4.84. The molecule has 19 heavy (non-hydrogen) atoms. The molecular weight excluding hydrogens is 248 g/mol. The number of unbranched alkanes of at least 4 members (excludes halogenated alkanes) is 1. The van der Waals surface area contributed by atoms with Gasteiger partial charge in [-0.25, -0.2) is 4.79 Å². The van der Waals surface area contributed by atoms with Gasteiger partial charge >= 0.3 is 5.97 Å². The number of carbonyl (C=O) groups excluding carboxylic acids is 2. The van der Waals surface area contributed by atoms with Crippen LogP contribution in [-0.2, 0) is 14.4 Å². The summed E-state index contributed by atoms with van der Waals surface area (Å²) in [6.07, 6.45) is 3.96. The van der Waals surface area contributed by atoms with Crippen molar-refractivity contribution in [3.8, 4) is 0 Å². The minimum Gasteiger partial charge on any atom is -0.480 e. The Balaban J connectivity index is 2.44. The number of hydrogen-bond donors (Lipinski definition) is 2. The predicted molar refractivity (Wildman–Crippen MR) is 69.4 cm³/mol.